The Morgan fingerprint density at radius 3 is 3.05 bits per heavy atom. The number of ether oxygens (including phenoxy) is 1. The first kappa shape index (κ1) is 14.5. The molecule has 1 aromatic carbocycles. The van der Waals surface area contributed by atoms with Crippen molar-refractivity contribution in [3.8, 4) is 0 Å². The maximum Gasteiger partial charge on any atom is 0.231 e. The average Bonchev–Trinajstić information content (AvgIpc) is 3.04. The van der Waals surface area contributed by atoms with Crippen molar-refractivity contribution in [1.82, 2.24) is 10.2 Å². The predicted molar refractivity (Wildman–Crippen MR) is 82.1 cm³/mol. The number of carbonyl (C=O) groups is 1. The van der Waals surface area contributed by atoms with Gasteiger partial charge in [0, 0.05) is 38.7 Å². The fourth-order valence-electron chi connectivity index (χ4n) is 3.35. The number of hydrogen-bond donors (Lipinski definition) is 1. The molecular weight excluding hydrogens is 264 g/mol. The molecule has 21 heavy (non-hydrogen) atoms. The van der Waals surface area contributed by atoms with Gasteiger partial charge in [0.05, 0.1) is 12.5 Å². The molecule has 2 aliphatic rings. The lowest BCUT2D eigenvalue weighted by molar-refractivity contribution is -0.133. The van der Waals surface area contributed by atoms with Crippen LogP contribution < -0.4 is 5.32 Å². The van der Waals surface area contributed by atoms with Crippen LogP contribution in [0.2, 0.25) is 0 Å². The number of hydrogen-bond acceptors (Lipinski definition) is 3. The molecule has 2 aliphatic heterocycles. The summed E-state index contributed by atoms with van der Waals surface area (Å²) in [5.74, 6) is 0.710. The van der Waals surface area contributed by atoms with Crippen LogP contribution in [0, 0.1) is 5.92 Å². The van der Waals surface area contributed by atoms with Gasteiger partial charge in [0.1, 0.15) is 0 Å². The first-order valence-electron chi connectivity index (χ1n) is 7.94. The third kappa shape index (κ3) is 3.11. The molecule has 0 saturated carbocycles. The van der Waals surface area contributed by atoms with Gasteiger partial charge < -0.3 is 15.0 Å². The molecule has 0 spiro atoms. The van der Waals surface area contributed by atoms with Gasteiger partial charge in [0.2, 0.25) is 5.91 Å². The Morgan fingerprint density at radius 1 is 1.43 bits per heavy atom. The van der Waals surface area contributed by atoms with Crippen LogP contribution in [-0.2, 0) is 16.1 Å². The van der Waals surface area contributed by atoms with E-state index in [0.29, 0.717) is 5.92 Å². The zero-order chi connectivity index (χ0) is 14.7. The zero-order valence-corrected chi connectivity index (χ0v) is 12.7. The second-order valence-electron chi connectivity index (χ2n) is 5.99. The summed E-state index contributed by atoms with van der Waals surface area (Å²) in [6.45, 7) is 6.90. The van der Waals surface area contributed by atoms with Crippen molar-refractivity contribution < 1.29 is 9.53 Å². The van der Waals surface area contributed by atoms with Gasteiger partial charge in [-0.1, -0.05) is 24.3 Å². The highest BCUT2D eigenvalue weighted by Crippen LogP contribution is 2.26. The fraction of sp³-hybridized carbons (Fsp3) is 0.588. The summed E-state index contributed by atoms with van der Waals surface area (Å²) in [7, 11) is 0. The molecule has 1 aromatic rings. The molecule has 3 rings (SSSR count). The smallest absolute Gasteiger partial charge is 0.231 e. The Balaban J connectivity index is 1.74. The largest absolute Gasteiger partial charge is 0.381 e. The van der Waals surface area contributed by atoms with Crippen LogP contribution in [0.4, 0.5) is 0 Å². The van der Waals surface area contributed by atoms with Gasteiger partial charge in [0.25, 0.3) is 0 Å². The van der Waals surface area contributed by atoms with E-state index < -0.39 is 0 Å². The number of likely N-dealkylation sites (N-methyl/N-ethyl adjacent to an activating group) is 1. The van der Waals surface area contributed by atoms with Gasteiger partial charge >= 0.3 is 0 Å². The van der Waals surface area contributed by atoms with Crippen LogP contribution in [0.5, 0.6) is 0 Å². The number of carbonyl (C=O) groups excluding carboxylic acids is 1. The molecule has 0 aromatic heterocycles. The van der Waals surface area contributed by atoms with Gasteiger partial charge in [-0.15, -0.1) is 0 Å². The number of rotatable bonds is 4. The van der Waals surface area contributed by atoms with E-state index in [2.05, 4.69) is 24.4 Å². The van der Waals surface area contributed by atoms with E-state index in [-0.39, 0.29) is 11.8 Å². The number of nitrogens with zero attached hydrogens (tertiary/aromatic N) is 1. The summed E-state index contributed by atoms with van der Waals surface area (Å²) >= 11 is 0. The van der Waals surface area contributed by atoms with Gasteiger partial charge in [-0.3, -0.25) is 4.79 Å². The maximum atomic E-state index is 12.9. The lowest BCUT2D eigenvalue weighted by atomic mass is 9.89. The number of nitrogens with one attached hydrogen (secondary N) is 1. The van der Waals surface area contributed by atoms with Gasteiger partial charge in [-0.2, -0.15) is 0 Å². The lowest BCUT2D eigenvalue weighted by Crippen LogP contribution is -2.43. The topological polar surface area (TPSA) is 41.6 Å². The zero-order valence-electron chi connectivity index (χ0n) is 12.7. The molecule has 1 amide bonds. The molecule has 1 N–H and O–H groups in total. The van der Waals surface area contributed by atoms with E-state index in [1.165, 1.54) is 11.1 Å². The van der Waals surface area contributed by atoms with Crippen molar-refractivity contribution in [2.45, 2.75) is 25.8 Å². The SMILES string of the molecule is CCN(CC1CCOC1)C(=O)C1CNCc2ccccc21. The van der Waals surface area contributed by atoms with Gasteiger partial charge in [0.15, 0.2) is 0 Å². The van der Waals surface area contributed by atoms with E-state index in [1.807, 2.05) is 17.0 Å². The minimum Gasteiger partial charge on any atom is -0.381 e. The molecule has 114 valence electrons. The van der Waals surface area contributed by atoms with Crippen molar-refractivity contribution in [3.05, 3.63) is 35.4 Å². The molecule has 4 heteroatoms. The highest BCUT2D eigenvalue weighted by atomic mass is 16.5. The standard InChI is InChI=1S/C17H24N2O2/c1-2-19(11-13-7-8-21-12-13)17(20)16-10-18-9-14-5-3-4-6-15(14)16/h3-6,13,16,18H,2,7-12H2,1H3. The second-order valence-corrected chi connectivity index (χ2v) is 5.99. The van der Waals surface area contributed by atoms with E-state index in [0.717, 1.165) is 45.8 Å². The highest BCUT2D eigenvalue weighted by molar-refractivity contribution is 5.84. The molecule has 2 atom stereocenters. The first-order chi connectivity index (χ1) is 10.3. The summed E-state index contributed by atoms with van der Waals surface area (Å²) in [5, 5.41) is 3.37. The number of fused-ring (bicyclic) bond motifs is 1. The summed E-state index contributed by atoms with van der Waals surface area (Å²) < 4.78 is 5.43. The highest BCUT2D eigenvalue weighted by Gasteiger charge is 2.30. The Morgan fingerprint density at radius 2 is 2.29 bits per heavy atom. The third-order valence-electron chi connectivity index (χ3n) is 4.59. The summed E-state index contributed by atoms with van der Waals surface area (Å²) in [6, 6.07) is 8.29. The van der Waals surface area contributed by atoms with Gasteiger partial charge in [-0.05, 0) is 24.5 Å². The molecule has 0 bridgehead atoms. The van der Waals surface area contributed by atoms with Crippen LogP contribution in [0.3, 0.4) is 0 Å². The van der Waals surface area contributed by atoms with Crippen molar-refractivity contribution in [1.29, 1.82) is 0 Å². The Kier molecular flexibility index (Phi) is 4.56. The summed E-state index contributed by atoms with van der Waals surface area (Å²) in [5.41, 5.74) is 2.45. The van der Waals surface area contributed by atoms with Crippen molar-refractivity contribution in [3.63, 3.8) is 0 Å². The maximum absolute atomic E-state index is 12.9. The average molecular weight is 288 g/mol. The fourth-order valence-corrected chi connectivity index (χ4v) is 3.35. The minimum absolute atomic E-state index is 0.0442. The van der Waals surface area contributed by atoms with Crippen molar-refractivity contribution >= 4 is 5.91 Å². The lowest BCUT2D eigenvalue weighted by Gasteiger charge is -2.32. The van der Waals surface area contributed by atoms with Gasteiger partial charge in [-0.25, -0.2) is 0 Å². The molecular formula is C17H24N2O2. The van der Waals surface area contributed by atoms with Crippen LogP contribution in [0.15, 0.2) is 24.3 Å². The molecule has 2 unspecified atom stereocenters. The van der Waals surface area contributed by atoms with Crippen LogP contribution >= 0.6 is 0 Å². The second kappa shape index (κ2) is 6.58. The van der Waals surface area contributed by atoms with E-state index in [9.17, 15) is 4.79 Å². The minimum atomic E-state index is -0.0442. The molecule has 0 radical (unpaired) electrons. The normalized spacial score (nSPS) is 24.6. The molecule has 2 heterocycles. The van der Waals surface area contributed by atoms with Crippen molar-refractivity contribution in [2.24, 2.45) is 5.92 Å². The molecule has 1 saturated heterocycles. The Bertz CT molecular complexity index is 497. The number of amides is 1. The van der Waals surface area contributed by atoms with Crippen LogP contribution in [0.25, 0.3) is 0 Å². The quantitative estimate of drug-likeness (QED) is 0.918. The Hall–Kier alpha value is -1.39. The van der Waals surface area contributed by atoms with E-state index >= 15 is 0 Å². The van der Waals surface area contributed by atoms with E-state index in [1.54, 1.807) is 0 Å². The van der Waals surface area contributed by atoms with Crippen molar-refractivity contribution in [2.75, 3.05) is 32.8 Å². The summed E-state index contributed by atoms with van der Waals surface area (Å²) in [6.07, 6.45) is 1.07. The number of benzene rings is 1. The first-order valence-corrected chi connectivity index (χ1v) is 7.94. The predicted octanol–water partition coefficient (Wildman–Crippen LogP) is 1.76. The molecule has 4 nitrogen and oxygen atoms in total. The van der Waals surface area contributed by atoms with Crippen LogP contribution in [0.1, 0.15) is 30.4 Å². The van der Waals surface area contributed by atoms with E-state index in [4.69, 9.17) is 4.74 Å². The molecule has 0 aliphatic carbocycles. The molecule has 1 fully saturated rings. The summed E-state index contributed by atoms with van der Waals surface area (Å²) in [4.78, 5) is 14.9. The Labute approximate surface area is 126 Å². The third-order valence-corrected chi connectivity index (χ3v) is 4.59. The monoisotopic (exact) mass is 288 g/mol. The van der Waals surface area contributed by atoms with Crippen LogP contribution in [-0.4, -0.2) is 43.7 Å².